The minimum atomic E-state index is -0.319. The molecule has 0 radical (unpaired) electrons. The zero-order valence-electron chi connectivity index (χ0n) is 10.3. The largest absolute Gasteiger partial charge is 0.345 e. The molecule has 2 heterocycles. The second-order valence-electron chi connectivity index (χ2n) is 3.75. The van der Waals surface area contributed by atoms with Gasteiger partial charge in [0.2, 0.25) is 5.95 Å². The molecule has 8 nitrogen and oxygen atoms in total. The SMILES string of the molecule is Cc1cc(C(=O)NCc2ccncn2)nc(NN)n1. The first-order chi connectivity index (χ1) is 9.19. The van der Waals surface area contributed by atoms with Gasteiger partial charge in [0.1, 0.15) is 12.0 Å². The number of hydrogen-bond acceptors (Lipinski definition) is 7. The van der Waals surface area contributed by atoms with Gasteiger partial charge in [-0.1, -0.05) is 0 Å². The first-order valence-electron chi connectivity index (χ1n) is 5.54. The van der Waals surface area contributed by atoms with Crippen LogP contribution < -0.4 is 16.6 Å². The summed E-state index contributed by atoms with van der Waals surface area (Å²) in [4.78, 5) is 27.7. The number of nitrogen functional groups attached to an aromatic ring is 1. The maximum atomic E-state index is 11.9. The molecular weight excluding hydrogens is 246 g/mol. The lowest BCUT2D eigenvalue weighted by atomic mass is 10.3. The van der Waals surface area contributed by atoms with Crippen molar-refractivity contribution in [3.63, 3.8) is 0 Å². The Kier molecular flexibility index (Phi) is 3.94. The topological polar surface area (TPSA) is 119 Å². The van der Waals surface area contributed by atoms with E-state index >= 15 is 0 Å². The molecule has 0 saturated heterocycles. The van der Waals surface area contributed by atoms with Crippen LogP contribution in [0, 0.1) is 6.92 Å². The highest BCUT2D eigenvalue weighted by atomic mass is 16.1. The maximum Gasteiger partial charge on any atom is 0.270 e. The molecule has 2 aromatic heterocycles. The summed E-state index contributed by atoms with van der Waals surface area (Å²) in [5.41, 5.74) is 3.92. The van der Waals surface area contributed by atoms with E-state index in [1.165, 1.54) is 6.33 Å². The quantitative estimate of drug-likeness (QED) is 0.513. The molecule has 4 N–H and O–H groups in total. The summed E-state index contributed by atoms with van der Waals surface area (Å²) in [6.07, 6.45) is 3.03. The molecule has 0 unspecified atom stereocenters. The molecule has 0 aliphatic heterocycles. The van der Waals surface area contributed by atoms with Crippen LogP contribution in [-0.4, -0.2) is 25.8 Å². The van der Waals surface area contributed by atoms with Gasteiger partial charge in [-0.15, -0.1) is 0 Å². The fraction of sp³-hybridized carbons (Fsp3) is 0.182. The molecule has 0 aromatic carbocycles. The van der Waals surface area contributed by atoms with Gasteiger partial charge in [-0.3, -0.25) is 10.2 Å². The van der Waals surface area contributed by atoms with E-state index < -0.39 is 0 Å². The number of carbonyl (C=O) groups is 1. The average molecular weight is 259 g/mol. The lowest BCUT2D eigenvalue weighted by Gasteiger charge is -2.06. The second kappa shape index (κ2) is 5.83. The van der Waals surface area contributed by atoms with Gasteiger partial charge < -0.3 is 5.32 Å². The first-order valence-corrected chi connectivity index (χ1v) is 5.54. The number of nitrogens with two attached hydrogens (primary N) is 1. The van der Waals surface area contributed by atoms with Crippen LogP contribution >= 0.6 is 0 Å². The van der Waals surface area contributed by atoms with E-state index in [1.807, 2.05) is 0 Å². The second-order valence-corrected chi connectivity index (χ2v) is 3.75. The molecule has 19 heavy (non-hydrogen) atoms. The van der Waals surface area contributed by atoms with E-state index in [-0.39, 0.29) is 17.5 Å². The molecule has 0 aliphatic carbocycles. The number of aryl methyl sites for hydroxylation is 1. The fourth-order valence-electron chi connectivity index (χ4n) is 1.43. The van der Waals surface area contributed by atoms with Crippen LogP contribution in [0.25, 0.3) is 0 Å². The van der Waals surface area contributed by atoms with E-state index in [1.54, 1.807) is 25.3 Å². The van der Waals surface area contributed by atoms with Gasteiger partial charge in [-0.25, -0.2) is 25.8 Å². The van der Waals surface area contributed by atoms with Crippen molar-refractivity contribution in [2.45, 2.75) is 13.5 Å². The van der Waals surface area contributed by atoms with E-state index in [4.69, 9.17) is 5.84 Å². The fourth-order valence-corrected chi connectivity index (χ4v) is 1.43. The minimum absolute atomic E-state index is 0.201. The van der Waals surface area contributed by atoms with Crippen molar-refractivity contribution in [2.24, 2.45) is 5.84 Å². The van der Waals surface area contributed by atoms with Crippen LogP contribution in [0.3, 0.4) is 0 Å². The van der Waals surface area contributed by atoms with Gasteiger partial charge in [-0.05, 0) is 19.1 Å². The van der Waals surface area contributed by atoms with Gasteiger partial charge in [0.05, 0.1) is 12.2 Å². The summed E-state index contributed by atoms with van der Waals surface area (Å²) in [6, 6.07) is 3.30. The number of aromatic nitrogens is 4. The number of amides is 1. The average Bonchev–Trinajstić information content (AvgIpc) is 2.45. The summed E-state index contributed by atoms with van der Waals surface area (Å²) in [7, 11) is 0. The molecule has 8 heteroatoms. The van der Waals surface area contributed by atoms with Crippen molar-refractivity contribution >= 4 is 11.9 Å². The predicted octanol–water partition coefficient (Wildman–Crippen LogP) is -0.209. The van der Waals surface area contributed by atoms with E-state index in [2.05, 4.69) is 30.7 Å². The van der Waals surface area contributed by atoms with Crippen LogP contribution in [0.5, 0.6) is 0 Å². The lowest BCUT2D eigenvalue weighted by Crippen LogP contribution is -2.25. The Labute approximate surface area is 109 Å². The third-order valence-electron chi connectivity index (χ3n) is 2.29. The van der Waals surface area contributed by atoms with Crippen molar-refractivity contribution in [1.29, 1.82) is 0 Å². The molecule has 0 saturated carbocycles. The number of nitrogens with zero attached hydrogens (tertiary/aromatic N) is 4. The van der Waals surface area contributed by atoms with Gasteiger partial charge in [0.25, 0.3) is 5.91 Å². The van der Waals surface area contributed by atoms with Crippen LogP contribution in [-0.2, 0) is 6.54 Å². The number of hydrazine groups is 1. The highest BCUT2D eigenvalue weighted by molar-refractivity contribution is 5.92. The molecular formula is C11H13N7O. The predicted molar refractivity (Wildman–Crippen MR) is 67.8 cm³/mol. The van der Waals surface area contributed by atoms with Crippen LogP contribution in [0.2, 0.25) is 0 Å². The van der Waals surface area contributed by atoms with Crippen LogP contribution in [0.4, 0.5) is 5.95 Å². The smallest absolute Gasteiger partial charge is 0.270 e. The maximum absolute atomic E-state index is 11.9. The number of nitrogens with one attached hydrogen (secondary N) is 2. The van der Waals surface area contributed by atoms with Crippen molar-refractivity contribution in [1.82, 2.24) is 25.3 Å². The van der Waals surface area contributed by atoms with Crippen molar-refractivity contribution in [3.05, 3.63) is 41.7 Å². The molecule has 2 rings (SSSR count). The number of hydrogen-bond donors (Lipinski definition) is 3. The molecule has 0 bridgehead atoms. The zero-order chi connectivity index (χ0) is 13.7. The summed E-state index contributed by atoms with van der Waals surface area (Å²) in [5.74, 6) is 5.11. The Hall–Kier alpha value is -2.61. The van der Waals surface area contributed by atoms with Crippen molar-refractivity contribution < 1.29 is 4.79 Å². The summed E-state index contributed by atoms with van der Waals surface area (Å²) in [6.45, 7) is 2.06. The highest BCUT2D eigenvalue weighted by Gasteiger charge is 2.10. The van der Waals surface area contributed by atoms with Crippen molar-refractivity contribution in [3.8, 4) is 0 Å². The summed E-state index contributed by atoms with van der Waals surface area (Å²) >= 11 is 0. The Balaban J connectivity index is 2.06. The van der Waals surface area contributed by atoms with Crippen LogP contribution in [0.1, 0.15) is 21.9 Å². The van der Waals surface area contributed by atoms with Gasteiger partial charge in [0.15, 0.2) is 0 Å². The number of carbonyl (C=O) groups excluding carboxylic acids is 1. The van der Waals surface area contributed by atoms with Crippen LogP contribution in [0.15, 0.2) is 24.7 Å². The molecule has 2 aromatic rings. The third-order valence-corrected chi connectivity index (χ3v) is 2.29. The van der Waals surface area contributed by atoms with Gasteiger partial charge in [0, 0.05) is 11.9 Å². The Bertz CT molecular complexity index is 573. The number of anilines is 1. The molecule has 0 aliphatic rings. The highest BCUT2D eigenvalue weighted by Crippen LogP contribution is 2.04. The van der Waals surface area contributed by atoms with Gasteiger partial charge >= 0.3 is 0 Å². The monoisotopic (exact) mass is 259 g/mol. The van der Waals surface area contributed by atoms with E-state index in [0.29, 0.717) is 17.9 Å². The molecule has 0 spiro atoms. The minimum Gasteiger partial charge on any atom is -0.345 e. The van der Waals surface area contributed by atoms with E-state index in [0.717, 1.165) is 0 Å². The Morgan fingerprint density at radius 3 is 2.95 bits per heavy atom. The summed E-state index contributed by atoms with van der Waals surface area (Å²) in [5, 5.41) is 2.71. The molecule has 0 atom stereocenters. The molecule has 98 valence electrons. The molecule has 1 amide bonds. The Morgan fingerprint density at radius 2 is 2.26 bits per heavy atom. The normalized spacial score (nSPS) is 10.0. The zero-order valence-corrected chi connectivity index (χ0v) is 10.3. The van der Waals surface area contributed by atoms with Gasteiger partial charge in [-0.2, -0.15) is 0 Å². The third kappa shape index (κ3) is 3.42. The number of rotatable bonds is 4. The standard InChI is InChI=1S/C11H13N7O/c1-7-4-9(17-11(16-7)18-12)10(19)14-5-8-2-3-13-6-15-8/h2-4,6H,5,12H2,1H3,(H,14,19)(H,16,17,18). The Morgan fingerprint density at radius 1 is 1.42 bits per heavy atom. The first kappa shape index (κ1) is 12.8. The van der Waals surface area contributed by atoms with Crippen molar-refractivity contribution in [2.75, 3.05) is 5.43 Å². The lowest BCUT2D eigenvalue weighted by molar-refractivity contribution is 0.0945. The summed E-state index contributed by atoms with van der Waals surface area (Å²) < 4.78 is 0. The molecule has 0 fully saturated rings. The van der Waals surface area contributed by atoms with E-state index in [9.17, 15) is 4.79 Å².